The number of benzene rings is 2. The zero-order chi connectivity index (χ0) is 22.3. The molecular weight excluding hydrogens is 404 g/mol. The van der Waals surface area contributed by atoms with Gasteiger partial charge in [-0.15, -0.1) is 0 Å². The van der Waals surface area contributed by atoms with E-state index < -0.39 is 10.0 Å². The Hall–Kier alpha value is -2.58. The fourth-order valence-corrected chi connectivity index (χ4v) is 4.41. The van der Waals surface area contributed by atoms with Gasteiger partial charge >= 0.3 is 0 Å². The van der Waals surface area contributed by atoms with Crippen LogP contribution in [0.15, 0.2) is 42.5 Å². The van der Waals surface area contributed by atoms with Crippen LogP contribution in [0.2, 0.25) is 0 Å². The number of sulfonamides is 1. The highest BCUT2D eigenvalue weighted by Gasteiger charge is 2.16. The second-order valence-corrected chi connectivity index (χ2v) is 9.27. The molecule has 0 aliphatic heterocycles. The van der Waals surface area contributed by atoms with Crippen LogP contribution in [0.4, 0.5) is 0 Å². The maximum atomic E-state index is 12.6. The largest absolute Gasteiger partial charge is 0.493 e. The smallest absolute Gasteiger partial charge is 0.251 e. The van der Waals surface area contributed by atoms with Crippen molar-refractivity contribution in [3.63, 3.8) is 0 Å². The summed E-state index contributed by atoms with van der Waals surface area (Å²) in [5.41, 5.74) is 1.81. The van der Waals surface area contributed by atoms with Crippen LogP contribution >= 0.6 is 0 Å². The number of ether oxygens (including phenoxy) is 2. The summed E-state index contributed by atoms with van der Waals surface area (Å²) < 4.78 is 38.1. The number of amides is 1. The fourth-order valence-electron chi connectivity index (χ4n) is 2.91. The van der Waals surface area contributed by atoms with E-state index in [0.717, 1.165) is 5.56 Å². The van der Waals surface area contributed by atoms with Crippen molar-refractivity contribution in [3.05, 3.63) is 59.2 Å². The van der Waals surface area contributed by atoms with Crippen molar-refractivity contribution in [1.29, 1.82) is 0 Å². The Labute approximate surface area is 178 Å². The molecule has 0 radical (unpaired) electrons. The third-order valence-electron chi connectivity index (χ3n) is 4.11. The van der Waals surface area contributed by atoms with Crippen molar-refractivity contribution in [2.75, 3.05) is 7.11 Å². The van der Waals surface area contributed by atoms with E-state index in [0.29, 0.717) is 22.6 Å². The third-order valence-corrected chi connectivity index (χ3v) is 5.63. The van der Waals surface area contributed by atoms with Crippen molar-refractivity contribution in [2.45, 2.75) is 52.1 Å². The van der Waals surface area contributed by atoms with E-state index in [-0.39, 0.29) is 30.4 Å². The highest BCUT2D eigenvalue weighted by molar-refractivity contribution is 7.88. The van der Waals surface area contributed by atoms with Gasteiger partial charge < -0.3 is 14.8 Å². The second kappa shape index (κ2) is 10.4. The number of carbonyl (C=O) groups excluding carboxylic acids is 1. The highest BCUT2D eigenvalue weighted by Crippen LogP contribution is 2.29. The van der Waals surface area contributed by atoms with Gasteiger partial charge in [-0.2, -0.15) is 0 Å². The molecule has 2 aromatic rings. The summed E-state index contributed by atoms with van der Waals surface area (Å²) in [5.74, 6) is 0.606. The van der Waals surface area contributed by atoms with Crippen LogP contribution in [0.25, 0.3) is 0 Å². The number of carbonyl (C=O) groups is 1. The average molecular weight is 435 g/mol. The van der Waals surface area contributed by atoms with Crippen LogP contribution in [0, 0.1) is 0 Å². The summed E-state index contributed by atoms with van der Waals surface area (Å²) in [6, 6.07) is 12.0. The van der Waals surface area contributed by atoms with E-state index in [1.54, 1.807) is 50.2 Å². The third kappa shape index (κ3) is 7.03. The highest BCUT2D eigenvalue weighted by atomic mass is 32.2. The monoisotopic (exact) mass is 434 g/mol. The van der Waals surface area contributed by atoms with Gasteiger partial charge in [0.1, 0.15) is 0 Å². The zero-order valence-electron chi connectivity index (χ0n) is 18.1. The van der Waals surface area contributed by atoms with Crippen LogP contribution in [0.3, 0.4) is 0 Å². The Kier molecular flexibility index (Phi) is 8.25. The zero-order valence-corrected chi connectivity index (χ0v) is 18.9. The first-order valence-electron chi connectivity index (χ1n) is 9.81. The number of nitrogens with one attached hydrogen (secondary N) is 2. The minimum Gasteiger partial charge on any atom is -0.493 e. The lowest BCUT2D eigenvalue weighted by Crippen LogP contribution is -2.32. The summed E-state index contributed by atoms with van der Waals surface area (Å²) in [5, 5.41) is 2.84. The fraction of sp³-hybridized carbons (Fsp3) is 0.409. The van der Waals surface area contributed by atoms with Crippen LogP contribution in [0.1, 0.15) is 49.2 Å². The molecule has 0 spiro atoms. The summed E-state index contributed by atoms with van der Waals surface area (Å²) in [6.07, 6.45) is -0.0171. The predicted octanol–water partition coefficient (Wildman–Crippen LogP) is 3.24. The Bertz CT molecular complexity index is 971. The van der Waals surface area contributed by atoms with Gasteiger partial charge in [-0.1, -0.05) is 24.3 Å². The summed E-state index contributed by atoms with van der Waals surface area (Å²) in [4.78, 5) is 12.6. The van der Waals surface area contributed by atoms with E-state index in [2.05, 4.69) is 10.0 Å². The van der Waals surface area contributed by atoms with Gasteiger partial charge in [0.05, 0.1) is 19.0 Å². The van der Waals surface area contributed by atoms with Gasteiger partial charge in [0.25, 0.3) is 5.91 Å². The molecule has 2 rings (SSSR count). The summed E-state index contributed by atoms with van der Waals surface area (Å²) >= 11 is 0. The number of hydrogen-bond acceptors (Lipinski definition) is 5. The first kappa shape index (κ1) is 23.7. The quantitative estimate of drug-likeness (QED) is 0.599. The van der Waals surface area contributed by atoms with E-state index >= 15 is 0 Å². The molecular formula is C22H30N2O5S. The molecule has 1 amide bonds. The van der Waals surface area contributed by atoms with Crippen molar-refractivity contribution in [2.24, 2.45) is 0 Å². The normalized spacial score (nSPS) is 11.6. The van der Waals surface area contributed by atoms with Crippen molar-refractivity contribution >= 4 is 15.9 Å². The molecule has 0 aliphatic carbocycles. The maximum Gasteiger partial charge on any atom is 0.251 e. The minimum atomic E-state index is -3.46. The number of rotatable bonds is 10. The van der Waals surface area contributed by atoms with E-state index in [9.17, 15) is 13.2 Å². The van der Waals surface area contributed by atoms with Crippen LogP contribution in [-0.2, 0) is 22.3 Å². The van der Waals surface area contributed by atoms with Crippen molar-refractivity contribution in [3.8, 4) is 11.5 Å². The van der Waals surface area contributed by atoms with Gasteiger partial charge in [-0.3, -0.25) is 4.79 Å². The molecule has 0 unspecified atom stereocenters. The van der Waals surface area contributed by atoms with E-state index in [1.807, 2.05) is 19.9 Å². The first-order chi connectivity index (χ1) is 14.1. The molecule has 2 N–H and O–H groups in total. The Balaban J connectivity index is 2.12. The molecule has 0 aromatic heterocycles. The Morgan fingerprint density at radius 2 is 1.67 bits per heavy atom. The van der Waals surface area contributed by atoms with Gasteiger partial charge in [0, 0.05) is 18.2 Å². The molecule has 7 nitrogen and oxygen atoms in total. The molecule has 164 valence electrons. The summed E-state index contributed by atoms with van der Waals surface area (Å²) in [6.45, 7) is 7.58. The van der Waals surface area contributed by atoms with Crippen molar-refractivity contribution in [1.82, 2.24) is 10.0 Å². The molecule has 8 heteroatoms. The standard InChI is InChI=1S/C22H30N2O5S/c1-15(2)24-30(26,27)14-19-9-7-6-8-18(19)13-23-22(25)17-10-11-20(29-16(3)4)21(12-17)28-5/h6-12,15-16,24H,13-14H2,1-5H3,(H,23,25). The van der Waals surface area contributed by atoms with Crippen LogP contribution in [0.5, 0.6) is 11.5 Å². The van der Waals surface area contributed by atoms with E-state index in [1.165, 1.54) is 7.11 Å². The molecule has 0 atom stereocenters. The number of hydrogen-bond donors (Lipinski definition) is 2. The lowest BCUT2D eigenvalue weighted by molar-refractivity contribution is 0.0950. The molecule has 0 bridgehead atoms. The molecule has 2 aromatic carbocycles. The van der Waals surface area contributed by atoms with Crippen molar-refractivity contribution < 1.29 is 22.7 Å². The number of methoxy groups -OCH3 is 1. The van der Waals surface area contributed by atoms with Gasteiger partial charge in [0.2, 0.25) is 10.0 Å². The predicted molar refractivity (Wildman–Crippen MR) is 117 cm³/mol. The van der Waals surface area contributed by atoms with Gasteiger partial charge in [-0.05, 0) is 57.0 Å². The molecule has 0 saturated heterocycles. The second-order valence-electron chi connectivity index (χ2n) is 7.52. The average Bonchev–Trinajstić information content (AvgIpc) is 2.65. The Morgan fingerprint density at radius 3 is 2.27 bits per heavy atom. The van der Waals surface area contributed by atoms with Crippen LogP contribution < -0.4 is 19.5 Å². The molecule has 0 heterocycles. The lowest BCUT2D eigenvalue weighted by atomic mass is 10.1. The molecule has 0 fully saturated rings. The summed E-state index contributed by atoms with van der Waals surface area (Å²) in [7, 11) is -1.94. The van der Waals surface area contributed by atoms with Crippen LogP contribution in [-0.4, -0.2) is 33.6 Å². The lowest BCUT2D eigenvalue weighted by Gasteiger charge is -2.15. The Morgan fingerprint density at radius 1 is 1.00 bits per heavy atom. The molecule has 0 aliphatic rings. The molecule has 30 heavy (non-hydrogen) atoms. The first-order valence-corrected chi connectivity index (χ1v) is 11.5. The van der Waals surface area contributed by atoms with Gasteiger partial charge in [-0.25, -0.2) is 13.1 Å². The van der Waals surface area contributed by atoms with Gasteiger partial charge in [0.15, 0.2) is 11.5 Å². The molecule has 0 saturated carbocycles. The topological polar surface area (TPSA) is 93.7 Å². The SMILES string of the molecule is COc1cc(C(=O)NCc2ccccc2CS(=O)(=O)NC(C)C)ccc1OC(C)C. The maximum absolute atomic E-state index is 12.6. The van der Waals surface area contributed by atoms with E-state index in [4.69, 9.17) is 9.47 Å². The minimum absolute atomic E-state index is 0.0171.